The maximum Gasteiger partial charge on any atom is 0.241 e. The SMILES string of the molecule is CCCC1NC(C(C)C)N(CC2(SC)CCC2)C1=O. The van der Waals surface area contributed by atoms with Crippen LogP contribution in [0.2, 0.25) is 0 Å². The average molecular weight is 284 g/mol. The Balaban J connectivity index is 2.08. The first-order chi connectivity index (χ1) is 9.03. The third kappa shape index (κ3) is 2.94. The molecule has 2 unspecified atom stereocenters. The fourth-order valence-electron chi connectivity index (χ4n) is 3.24. The third-order valence-electron chi connectivity index (χ3n) is 4.65. The molecule has 1 aliphatic heterocycles. The number of nitrogens with one attached hydrogen (secondary N) is 1. The van der Waals surface area contributed by atoms with Crippen molar-refractivity contribution in [2.75, 3.05) is 12.8 Å². The average Bonchev–Trinajstić information content (AvgIpc) is 2.63. The molecule has 0 aromatic heterocycles. The Morgan fingerprint density at radius 1 is 1.47 bits per heavy atom. The van der Waals surface area contributed by atoms with Crippen LogP contribution in [0, 0.1) is 5.92 Å². The van der Waals surface area contributed by atoms with E-state index < -0.39 is 0 Å². The van der Waals surface area contributed by atoms with Crippen LogP contribution in [-0.2, 0) is 4.79 Å². The van der Waals surface area contributed by atoms with Gasteiger partial charge in [0.15, 0.2) is 0 Å². The minimum atomic E-state index is 0.0522. The van der Waals surface area contributed by atoms with Crippen LogP contribution in [0.5, 0.6) is 0 Å². The van der Waals surface area contributed by atoms with Crippen LogP contribution >= 0.6 is 11.8 Å². The number of hydrogen-bond donors (Lipinski definition) is 1. The Morgan fingerprint density at radius 2 is 2.16 bits per heavy atom. The van der Waals surface area contributed by atoms with E-state index in [1.54, 1.807) is 0 Å². The van der Waals surface area contributed by atoms with E-state index in [4.69, 9.17) is 0 Å². The summed E-state index contributed by atoms with van der Waals surface area (Å²) in [6.45, 7) is 7.50. The summed E-state index contributed by atoms with van der Waals surface area (Å²) in [5, 5.41) is 3.55. The van der Waals surface area contributed by atoms with Crippen LogP contribution in [0.15, 0.2) is 0 Å². The molecule has 0 aromatic rings. The fraction of sp³-hybridized carbons (Fsp3) is 0.933. The number of hydrogen-bond acceptors (Lipinski definition) is 3. The summed E-state index contributed by atoms with van der Waals surface area (Å²) in [6, 6.07) is 0.0522. The van der Waals surface area contributed by atoms with E-state index in [0.29, 0.717) is 16.6 Å². The molecule has 1 amide bonds. The van der Waals surface area contributed by atoms with Gasteiger partial charge in [-0.25, -0.2) is 0 Å². The highest BCUT2D eigenvalue weighted by Gasteiger charge is 2.46. The van der Waals surface area contributed by atoms with Crippen molar-refractivity contribution in [1.29, 1.82) is 0 Å². The molecule has 4 heteroatoms. The van der Waals surface area contributed by atoms with Gasteiger partial charge >= 0.3 is 0 Å². The van der Waals surface area contributed by atoms with Crippen LogP contribution < -0.4 is 5.32 Å². The quantitative estimate of drug-likeness (QED) is 0.814. The number of amides is 1. The van der Waals surface area contributed by atoms with E-state index in [1.165, 1.54) is 19.3 Å². The second kappa shape index (κ2) is 6.04. The smallest absolute Gasteiger partial charge is 0.241 e. The lowest BCUT2D eigenvalue weighted by Gasteiger charge is -2.44. The normalized spacial score (nSPS) is 29.9. The third-order valence-corrected chi connectivity index (χ3v) is 6.06. The molecule has 1 saturated heterocycles. The first kappa shape index (κ1) is 15.2. The molecular formula is C15H28N2OS. The highest BCUT2D eigenvalue weighted by atomic mass is 32.2. The molecule has 0 spiro atoms. The monoisotopic (exact) mass is 284 g/mol. The fourth-order valence-corrected chi connectivity index (χ4v) is 4.20. The van der Waals surface area contributed by atoms with Gasteiger partial charge in [-0.3, -0.25) is 10.1 Å². The molecule has 3 nitrogen and oxygen atoms in total. The van der Waals surface area contributed by atoms with Crippen molar-refractivity contribution < 1.29 is 4.79 Å². The Bertz CT molecular complexity index is 323. The van der Waals surface area contributed by atoms with Crippen molar-refractivity contribution in [3.05, 3.63) is 0 Å². The Hall–Kier alpha value is -0.220. The standard InChI is InChI=1S/C15H28N2OS/c1-5-7-12-14(18)17(13(16-12)11(2)3)10-15(19-4)8-6-9-15/h11-13,16H,5-10H2,1-4H3. The molecule has 1 aliphatic carbocycles. The highest BCUT2D eigenvalue weighted by Crippen LogP contribution is 2.44. The largest absolute Gasteiger partial charge is 0.324 e. The van der Waals surface area contributed by atoms with Crippen molar-refractivity contribution in [2.45, 2.75) is 69.8 Å². The maximum absolute atomic E-state index is 12.6. The predicted molar refractivity (Wildman–Crippen MR) is 82.3 cm³/mol. The first-order valence-electron chi connectivity index (χ1n) is 7.64. The van der Waals surface area contributed by atoms with Gasteiger partial charge in [0.2, 0.25) is 5.91 Å². The van der Waals surface area contributed by atoms with Crippen LogP contribution in [0.1, 0.15) is 52.9 Å². The van der Waals surface area contributed by atoms with E-state index in [9.17, 15) is 4.79 Å². The topological polar surface area (TPSA) is 32.3 Å². The second-order valence-corrected chi connectivity index (χ2v) is 7.68. The van der Waals surface area contributed by atoms with Crippen LogP contribution in [0.3, 0.4) is 0 Å². The summed E-state index contributed by atoms with van der Waals surface area (Å²) in [7, 11) is 0. The first-order valence-corrected chi connectivity index (χ1v) is 8.87. The summed E-state index contributed by atoms with van der Waals surface area (Å²) in [4.78, 5) is 14.7. The van der Waals surface area contributed by atoms with Gasteiger partial charge in [0.05, 0.1) is 12.2 Å². The maximum atomic E-state index is 12.6. The van der Waals surface area contributed by atoms with E-state index in [1.807, 2.05) is 11.8 Å². The van der Waals surface area contributed by atoms with E-state index in [2.05, 4.69) is 37.2 Å². The van der Waals surface area contributed by atoms with Gasteiger partial charge in [-0.1, -0.05) is 33.6 Å². The van der Waals surface area contributed by atoms with E-state index in [0.717, 1.165) is 19.4 Å². The van der Waals surface area contributed by atoms with Crippen molar-refractivity contribution in [3.63, 3.8) is 0 Å². The van der Waals surface area contributed by atoms with Gasteiger partial charge in [-0.2, -0.15) is 11.8 Å². The van der Waals surface area contributed by atoms with Crippen LogP contribution in [-0.4, -0.2) is 40.6 Å². The summed E-state index contributed by atoms with van der Waals surface area (Å²) >= 11 is 1.95. The Labute approximate surface area is 121 Å². The lowest BCUT2D eigenvalue weighted by molar-refractivity contribution is -0.131. The Kier molecular flexibility index (Phi) is 4.83. The van der Waals surface area contributed by atoms with Crippen molar-refractivity contribution in [3.8, 4) is 0 Å². The zero-order valence-corrected chi connectivity index (χ0v) is 13.6. The number of thioether (sulfide) groups is 1. The predicted octanol–water partition coefficient (Wildman–Crippen LogP) is 2.85. The zero-order chi connectivity index (χ0) is 14.0. The molecule has 0 bridgehead atoms. The van der Waals surface area contributed by atoms with E-state index >= 15 is 0 Å². The highest BCUT2D eigenvalue weighted by molar-refractivity contribution is 8.00. The molecule has 110 valence electrons. The van der Waals surface area contributed by atoms with Crippen LogP contribution in [0.25, 0.3) is 0 Å². The molecular weight excluding hydrogens is 256 g/mol. The van der Waals surface area contributed by atoms with Gasteiger partial charge in [0.25, 0.3) is 0 Å². The zero-order valence-electron chi connectivity index (χ0n) is 12.7. The van der Waals surface area contributed by atoms with Crippen molar-refractivity contribution in [2.24, 2.45) is 5.92 Å². The van der Waals surface area contributed by atoms with Gasteiger partial charge in [-0.15, -0.1) is 0 Å². The lowest BCUT2D eigenvalue weighted by Crippen LogP contribution is -2.51. The summed E-state index contributed by atoms with van der Waals surface area (Å²) in [5.41, 5.74) is 0. The minimum Gasteiger partial charge on any atom is -0.324 e. The summed E-state index contributed by atoms with van der Waals surface area (Å²) in [5.74, 6) is 0.811. The second-order valence-electron chi connectivity index (χ2n) is 6.40. The number of carbonyl (C=O) groups is 1. The van der Waals surface area contributed by atoms with Gasteiger partial charge in [0.1, 0.15) is 0 Å². The molecule has 19 heavy (non-hydrogen) atoms. The molecule has 1 saturated carbocycles. The molecule has 2 aliphatic rings. The number of nitrogens with zero attached hydrogens (tertiary/aromatic N) is 1. The van der Waals surface area contributed by atoms with Gasteiger partial charge in [0, 0.05) is 11.3 Å². The molecule has 0 radical (unpaired) electrons. The molecule has 2 fully saturated rings. The van der Waals surface area contributed by atoms with Crippen molar-refractivity contribution in [1.82, 2.24) is 10.2 Å². The number of carbonyl (C=O) groups excluding carboxylic acids is 1. The van der Waals surface area contributed by atoms with Crippen molar-refractivity contribution >= 4 is 17.7 Å². The molecule has 1 N–H and O–H groups in total. The summed E-state index contributed by atoms with van der Waals surface area (Å²) in [6.07, 6.45) is 8.30. The summed E-state index contributed by atoms with van der Waals surface area (Å²) < 4.78 is 0.339. The van der Waals surface area contributed by atoms with Gasteiger partial charge in [-0.05, 0) is 31.4 Å². The lowest BCUT2D eigenvalue weighted by atomic mass is 9.83. The van der Waals surface area contributed by atoms with Gasteiger partial charge < -0.3 is 4.90 Å². The molecule has 0 aromatic carbocycles. The van der Waals surface area contributed by atoms with Crippen LogP contribution in [0.4, 0.5) is 0 Å². The molecule has 1 heterocycles. The minimum absolute atomic E-state index is 0.0522. The molecule has 2 rings (SSSR count). The van der Waals surface area contributed by atoms with E-state index in [-0.39, 0.29) is 12.2 Å². The Morgan fingerprint density at radius 3 is 2.58 bits per heavy atom. The number of rotatable bonds is 6. The molecule has 2 atom stereocenters.